The zero-order valence-electron chi connectivity index (χ0n) is 18.3. The van der Waals surface area contributed by atoms with Gasteiger partial charge in [0.15, 0.2) is 6.10 Å². The Morgan fingerprint density at radius 1 is 1.03 bits per heavy atom. The highest BCUT2D eigenvalue weighted by Gasteiger charge is 2.31. The summed E-state index contributed by atoms with van der Waals surface area (Å²) in [5.74, 6) is -0.0745. The number of halogens is 3. The molecule has 1 unspecified atom stereocenters. The lowest BCUT2D eigenvalue weighted by molar-refractivity contribution is -0.274. The molecule has 1 amide bonds. The Bertz CT molecular complexity index is 944. The molecule has 0 spiro atoms. The van der Waals surface area contributed by atoms with Crippen LogP contribution in [0.3, 0.4) is 0 Å². The molecular formula is C22H25F3N2O6. The van der Waals surface area contributed by atoms with Crippen molar-refractivity contribution < 1.29 is 41.4 Å². The van der Waals surface area contributed by atoms with Crippen LogP contribution in [-0.2, 0) is 16.1 Å². The normalized spacial score (nSPS) is 16.1. The fourth-order valence-corrected chi connectivity index (χ4v) is 3.47. The summed E-state index contributed by atoms with van der Waals surface area (Å²) in [7, 11) is 1.28. The summed E-state index contributed by atoms with van der Waals surface area (Å²) in [6.07, 6.45) is -4.84. The molecule has 1 aliphatic rings. The Morgan fingerprint density at radius 3 is 2.39 bits per heavy atom. The van der Waals surface area contributed by atoms with Gasteiger partial charge in [0, 0.05) is 26.2 Å². The average molecular weight is 470 g/mol. The van der Waals surface area contributed by atoms with Crippen molar-refractivity contribution in [1.82, 2.24) is 9.80 Å². The van der Waals surface area contributed by atoms with Gasteiger partial charge in [0.05, 0.1) is 13.7 Å². The standard InChI is InChI=1S/C22H25F3N2O6/c1-15(31-16-4-6-17(7-5-16)33-22(23,24)25)20(28)27-11-3-10-26(12-13-27)14-18-8-9-19(32-18)21(29)30-2/h4-9,15H,3,10-14H2,1-2H3. The van der Waals surface area contributed by atoms with E-state index in [-0.39, 0.29) is 23.2 Å². The molecule has 180 valence electrons. The first-order valence-electron chi connectivity index (χ1n) is 10.4. The molecule has 0 bridgehead atoms. The number of alkyl halides is 3. The Kier molecular flexibility index (Phi) is 7.85. The first-order valence-corrected chi connectivity index (χ1v) is 10.4. The van der Waals surface area contributed by atoms with Crippen molar-refractivity contribution in [2.24, 2.45) is 0 Å². The van der Waals surface area contributed by atoms with E-state index in [0.29, 0.717) is 31.9 Å². The average Bonchev–Trinajstić information content (AvgIpc) is 3.11. The SMILES string of the molecule is COC(=O)c1ccc(CN2CCCN(C(=O)C(C)Oc3ccc(OC(F)(F)F)cc3)CC2)o1. The molecule has 1 fully saturated rings. The highest BCUT2D eigenvalue weighted by atomic mass is 19.4. The summed E-state index contributed by atoms with van der Waals surface area (Å²) in [4.78, 5) is 28.2. The molecule has 0 radical (unpaired) electrons. The summed E-state index contributed by atoms with van der Waals surface area (Å²) < 4.78 is 56.4. The van der Waals surface area contributed by atoms with E-state index in [1.54, 1.807) is 24.0 Å². The molecule has 0 aliphatic carbocycles. The largest absolute Gasteiger partial charge is 0.573 e. The third-order valence-corrected chi connectivity index (χ3v) is 5.05. The van der Waals surface area contributed by atoms with Crippen LogP contribution in [0.5, 0.6) is 11.5 Å². The van der Waals surface area contributed by atoms with Gasteiger partial charge in [-0.25, -0.2) is 4.79 Å². The summed E-state index contributed by atoms with van der Waals surface area (Å²) >= 11 is 0. The minimum Gasteiger partial charge on any atom is -0.481 e. The van der Waals surface area contributed by atoms with Gasteiger partial charge in [-0.3, -0.25) is 9.69 Å². The van der Waals surface area contributed by atoms with Crippen LogP contribution in [0.4, 0.5) is 13.2 Å². The third-order valence-electron chi connectivity index (χ3n) is 5.05. The predicted molar refractivity (Wildman–Crippen MR) is 110 cm³/mol. The number of carbonyl (C=O) groups is 2. The molecule has 33 heavy (non-hydrogen) atoms. The molecule has 0 N–H and O–H groups in total. The lowest BCUT2D eigenvalue weighted by Crippen LogP contribution is -2.42. The highest BCUT2D eigenvalue weighted by Crippen LogP contribution is 2.25. The molecule has 8 nitrogen and oxygen atoms in total. The van der Waals surface area contributed by atoms with Gasteiger partial charge >= 0.3 is 12.3 Å². The van der Waals surface area contributed by atoms with Crippen LogP contribution in [0.15, 0.2) is 40.8 Å². The van der Waals surface area contributed by atoms with E-state index >= 15 is 0 Å². The van der Waals surface area contributed by atoms with E-state index in [9.17, 15) is 22.8 Å². The Labute approximate surface area is 188 Å². The second kappa shape index (κ2) is 10.6. The van der Waals surface area contributed by atoms with Gasteiger partial charge in [0.2, 0.25) is 5.76 Å². The summed E-state index contributed by atoms with van der Waals surface area (Å²) in [5.41, 5.74) is 0. The minimum absolute atomic E-state index is 0.142. The molecule has 0 saturated carbocycles. The van der Waals surface area contributed by atoms with Gasteiger partial charge in [-0.15, -0.1) is 13.2 Å². The van der Waals surface area contributed by atoms with E-state index in [1.807, 2.05) is 0 Å². The van der Waals surface area contributed by atoms with Gasteiger partial charge in [-0.1, -0.05) is 0 Å². The number of amides is 1. The first-order chi connectivity index (χ1) is 15.6. The fraction of sp³-hybridized carbons (Fsp3) is 0.455. The number of furan rings is 1. The Morgan fingerprint density at radius 2 is 1.73 bits per heavy atom. The Balaban J connectivity index is 1.50. The van der Waals surface area contributed by atoms with Crippen molar-refractivity contribution in [1.29, 1.82) is 0 Å². The molecule has 2 aromatic rings. The second-order valence-electron chi connectivity index (χ2n) is 7.49. The topological polar surface area (TPSA) is 81.5 Å². The minimum atomic E-state index is -4.77. The first kappa shape index (κ1) is 24.4. The molecule has 1 saturated heterocycles. The third kappa shape index (κ3) is 7.14. The number of hydrogen-bond donors (Lipinski definition) is 0. The van der Waals surface area contributed by atoms with E-state index in [0.717, 1.165) is 25.1 Å². The van der Waals surface area contributed by atoms with Crippen LogP contribution < -0.4 is 9.47 Å². The van der Waals surface area contributed by atoms with Crippen LogP contribution in [0, 0.1) is 0 Å². The zero-order chi connectivity index (χ0) is 24.0. The fourth-order valence-electron chi connectivity index (χ4n) is 3.47. The predicted octanol–water partition coefficient (Wildman–Crippen LogP) is 3.47. The van der Waals surface area contributed by atoms with Gasteiger partial charge in [0.25, 0.3) is 5.91 Å². The Hall–Kier alpha value is -3.21. The van der Waals surface area contributed by atoms with Crippen molar-refractivity contribution in [2.75, 3.05) is 33.3 Å². The van der Waals surface area contributed by atoms with Gasteiger partial charge in [0.1, 0.15) is 17.3 Å². The van der Waals surface area contributed by atoms with Crippen LogP contribution in [0.25, 0.3) is 0 Å². The number of benzene rings is 1. The monoisotopic (exact) mass is 470 g/mol. The van der Waals surface area contributed by atoms with Crippen molar-refractivity contribution in [3.05, 3.63) is 47.9 Å². The van der Waals surface area contributed by atoms with Crippen molar-refractivity contribution in [2.45, 2.75) is 32.4 Å². The van der Waals surface area contributed by atoms with Crippen molar-refractivity contribution in [3.8, 4) is 11.5 Å². The molecule has 1 atom stereocenters. The van der Waals surface area contributed by atoms with Crippen LogP contribution in [0.2, 0.25) is 0 Å². The van der Waals surface area contributed by atoms with Crippen molar-refractivity contribution in [3.63, 3.8) is 0 Å². The summed E-state index contributed by atoms with van der Waals surface area (Å²) in [6.45, 7) is 4.48. The molecule has 2 heterocycles. The molecule has 11 heteroatoms. The number of rotatable bonds is 7. The number of ether oxygens (including phenoxy) is 3. The number of nitrogens with zero attached hydrogens (tertiary/aromatic N) is 2. The summed E-state index contributed by atoms with van der Waals surface area (Å²) in [6, 6.07) is 8.19. The van der Waals surface area contributed by atoms with Crippen LogP contribution >= 0.6 is 0 Å². The van der Waals surface area contributed by atoms with E-state index < -0.39 is 18.4 Å². The molecule has 1 aromatic carbocycles. The molecule has 1 aromatic heterocycles. The highest BCUT2D eigenvalue weighted by molar-refractivity contribution is 5.86. The number of esters is 1. The smallest absolute Gasteiger partial charge is 0.481 e. The molecule has 1 aliphatic heterocycles. The van der Waals surface area contributed by atoms with E-state index in [1.165, 1.54) is 19.2 Å². The van der Waals surface area contributed by atoms with Crippen LogP contribution in [0.1, 0.15) is 29.7 Å². The van der Waals surface area contributed by atoms with E-state index in [4.69, 9.17) is 9.15 Å². The number of methoxy groups -OCH3 is 1. The van der Waals surface area contributed by atoms with Crippen molar-refractivity contribution >= 4 is 11.9 Å². The maximum absolute atomic E-state index is 12.8. The van der Waals surface area contributed by atoms with E-state index in [2.05, 4.69) is 14.4 Å². The quantitative estimate of drug-likeness (QED) is 0.574. The van der Waals surface area contributed by atoms with Crippen LogP contribution in [-0.4, -0.2) is 67.4 Å². The lowest BCUT2D eigenvalue weighted by atomic mass is 10.3. The zero-order valence-corrected chi connectivity index (χ0v) is 18.3. The maximum atomic E-state index is 12.8. The number of carbonyl (C=O) groups excluding carboxylic acids is 2. The second-order valence-corrected chi connectivity index (χ2v) is 7.49. The molecule has 3 rings (SSSR count). The van der Waals surface area contributed by atoms with Gasteiger partial charge in [-0.05, 0) is 49.7 Å². The van der Waals surface area contributed by atoms with Gasteiger partial charge in [-0.2, -0.15) is 0 Å². The number of hydrogen-bond acceptors (Lipinski definition) is 7. The maximum Gasteiger partial charge on any atom is 0.573 e. The lowest BCUT2D eigenvalue weighted by Gasteiger charge is -2.25. The summed E-state index contributed by atoms with van der Waals surface area (Å²) in [5, 5.41) is 0. The van der Waals surface area contributed by atoms with Gasteiger partial charge < -0.3 is 23.5 Å². The molecular weight excluding hydrogens is 445 g/mol.